The summed E-state index contributed by atoms with van der Waals surface area (Å²) in [5, 5.41) is 0.695. The van der Waals surface area contributed by atoms with E-state index in [1.807, 2.05) is 18.2 Å². The number of carbonyl (C=O) groups excluding carboxylic acids is 1. The average molecular weight is 524 g/mol. The molecule has 1 aliphatic carbocycles. The lowest BCUT2D eigenvalue weighted by atomic mass is 10.0. The van der Waals surface area contributed by atoms with Crippen LogP contribution in [0.4, 0.5) is 0 Å². The molecule has 0 amide bonds. The van der Waals surface area contributed by atoms with Crippen molar-refractivity contribution in [3.8, 4) is 0 Å². The largest absolute Gasteiger partial charge is 0.457 e. The van der Waals surface area contributed by atoms with Crippen molar-refractivity contribution in [2.24, 2.45) is 0 Å². The van der Waals surface area contributed by atoms with Crippen LogP contribution in [-0.2, 0) is 40.8 Å². The van der Waals surface area contributed by atoms with E-state index in [2.05, 4.69) is 4.72 Å². The number of hydrogen-bond donors (Lipinski definition) is 1. The van der Waals surface area contributed by atoms with Gasteiger partial charge in [-0.3, -0.25) is 0 Å². The van der Waals surface area contributed by atoms with Crippen LogP contribution in [0.25, 0.3) is 11.0 Å². The molecule has 0 bridgehead atoms. The fraction of sp³-hybridized carbons (Fsp3) is 0.185. The molecule has 0 unspecified atom stereocenters. The van der Waals surface area contributed by atoms with E-state index in [1.165, 1.54) is 29.8 Å². The molecule has 9 heteroatoms. The van der Waals surface area contributed by atoms with Crippen molar-refractivity contribution in [1.29, 1.82) is 0 Å². The van der Waals surface area contributed by atoms with Crippen LogP contribution in [-0.4, -0.2) is 14.4 Å². The first-order valence-electron chi connectivity index (χ1n) is 11.4. The minimum atomic E-state index is -4.00. The first kappa shape index (κ1) is 24.2. The number of benzene rings is 3. The quantitative estimate of drug-likeness (QED) is 0.276. The van der Waals surface area contributed by atoms with Crippen molar-refractivity contribution in [1.82, 2.24) is 4.72 Å². The zero-order valence-electron chi connectivity index (χ0n) is 19.1. The van der Waals surface area contributed by atoms with Gasteiger partial charge in [0.05, 0.1) is 10.6 Å². The number of fused-ring (bicyclic) bond motifs is 2. The Morgan fingerprint density at radius 2 is 1.75 bits per heavy atom. The van der Waals surface area contributed by atoms with E-state index in [9.17, 15) is 18.0 Å². The fourth-order valence-corrected chi connectivity index (χ4v) is 5.87. The van der Waals surface area contributed by atoms with Gasteiger partial charge in [0.15, 0.2) is 0 Å². The van der Waals surface area contributed by atoms with Crippen molar-refractivity contribution >= 4 is 38.6 Å². The topological polar surface area (TPSA) is 103 Å². The van der Waals surface area contributed by atoms with E-state index in [-0.39, 0.29) is 28.6 Å². The Labute approximate surface area is 212 Å². The molecule has 5 rings (SSSR count). The molecule has 0 saturated heterocycles. The monoisotopic (exact) mass is 523 g/mol. The number of esters is 1. The number of halogens is 1. The first-order chi connectivity index (χ1) is 17.3. The van der Waals surface area contributed by atoms with Gasteiger partial charge >= 0.3 is 11.6 Å². The van der Waals surface area contributed by atoms with Gasteiger partial charge in [0.25, 0.3) is 0 Å². The van der Waals surface area contributed by atoms with Crippen molar-refractivity contribution < 1.29 is 22.4 Å². The highest BCUT2D eigenvalue weighted by Gasteiger charge is 2.21. The molecule has 1 N–H and O–H groups in total. The summed E-state index contributed by atoms with van der Waals surface area (Å²) in [5.41, 5.74) is 3.60. The number of rotatable bonds is 7. The van der Waals surface area contributed by atoms with Gasteiger partial charge in [-0.15, -0.1) is 0 Å². The zero-order chi connectivity index (χ0) is 25.3. The normalized spacial score (nSPS) is 13.0. The molecule has 0 fully saturated rings. The summed E-state index contributed by atoms with van der Waals surface area (Å²) in [6, 6.07) is 18.1. The van der Waals surface area contributed by atoms with Gasteiger partial charge in [-0.1, -0.05) is 41.9 Å². The highest BCUT2D eigenvalue weighted by atomic mass is 35.5. The van der Waals surface area contributed by atoms with Crippen molar-refractivity contribution in [3.05, 3.63) is 110 Å². The molecule has 7 nitrogen and oxygen atoms in total. The Kier molecular flexibility index (Phi) is 6.66. The lowest BCUT2D eigenvalue weighted by molar-refractivity contribution is 0.0473. The van der Waals surface area contributed by atoms with Crippen molar-refractivity contribution in [2.75, 3.05) is 0 Å². The third-order valence-electron chi connectivity index (χ3n) is 6.17. The predicted octanol–water partition coefficient (Wildman–Crippen LogP) is 4.77. The van der Waals surface area contributed by atoms with E-state index in [1.54, 1.807) is 24.3 Å². The second-order valence-electron chi connectivity index (χ2n) is 8.59. The van der Waals surface area contributed by atoms with Crippen molar-refractivity contribution in [3.63, 3.8) is 0 Å². The minimum absolute atomic E-state index is 0.0207. The maximum Gasteiger partial charge on any atom is 0.338 e. The van der Waals surface area contributed by atoms with Gasteiger partial charge in [-0.25, -0.2) is 22.7 Å². The highest BCUT2D eigenvalue weighted by molar-refractivity contribution is 7.89. The smallest absolute Gasteiger partial charge is 0.338 e. The van der Waals surface area contributed by atoms with Crippen LogP contribution in [0.2, 0.25) is 5.02 Å². The number of aryl methyl sites for hydroxylation is 2. The van der Waals surface area contributed by atoms with Gasteiger partial charge < -0.3 is 9.15 Å². The Hall–Kier alpha value is -3.46. The third kappa shape index (κ3) is 5.06. The Bertz CT molecular complexity index is 1630. The molecule has 3 aromatic carbocycles. The lowest BCUT2D eigenvalue weighted by Gasteiger charge is -2.11. The van der Waals surface area contributed by atoms with E-state index >= 15 is 0 Å². The van der Waals surface area contributed by atoms with E-state index in [4.69, 9.17) is 20.8 Å². The van der Waals surface area contributed by atoms with E-state index in [0.29, 0.717) is 16.5 Å². The minimum Gasteiger partial charge on any atom is -0.457 e. The Balaban J connectivity index is 1.35. The van der Waals surface area contributed by atoms with E-state index in [0.717, 1.165) is 30.4 Å². The van der Waals surface area contributed by atoms with Gasteiger partial charge in [0.1, 0.15) is 17.1 Å². The maximum atomic E-state index is 12.9. The average Bonchev–Trinajstić information content (AvgIpc) is 3.33. The van der Waals surface area contributed by atoms with Crippen LogP contribution in [0.1, 0.15) is 39.0 Å². The van der Waals surface area contributed by atoms with Gasteiger partial charge in [0, 0.05) is 23.6 Å². The van der Waals surface area contributed by atoms with Crippen LogP contribution >= 0.6 is 11.6 Å². The fourth-order valence-electron chi connectivity index (χ4n) is 4.33. The summed E-state index contributed by atoms with van der Waals surface area (Å²) in [6.45, 7) is -0.0990. The molecule has 4 aromatic rings. The molecule has 1 aliphatic rings. The number of nitrogens with one attached hydrogen (secondary N) is 1. The summed E-state index contributed by atoms with van der Waals surface area (Å²) in [4.78, 5) is 24.7. The van der Waals surface area contributed by atoms with Gasteiger partial charge in [-0.05, 0) is 66.3 Å². The summed E-state index contributed by atoms with van der Waals surface area (Å²) >= 11 is 6.15. The van der Waals surface area contributed by atoms with Gasteiger partial charge in [-0.2, -0.15) is 0 Å². The van der Waals surface area contributed by atoms with Crippen LogP contribution in [0.3, 0.4) is 0 Å². The Morgan fingerprint density at radius 3 is 2.53 bits per heavy atom. The summed E-state index contributed by atoms with van der Waals surface area (Å²) in [5.74, 6) is -0.742. The van der Waals surface area contributed by atoms with Gasteiger partial charge in [0.2, 0.25) is 10.0 Å². The van der Waals surface area contributed by atoms with E-state index < -0.39 is 21.6 Å². The van der Waals surface area contributed by atoms with Crippen LogP contribution in [0.5, 0.6) is 0 Å². The Morgan fingerprint density at radius 1 is 1.00 bits per heavy atom. The third-order valence-corrected chi connectivity index (χ3v) is 8.05. The van der Waals surface area contributed by atoms with Crippen LogP contribution in [0, 0.1) is 0 Å². The number of ether oxygens (including phenoxy) is 1. The second kappa shape index (κ2) is 9.89. The molecule has 0 atom stereocenters. The van der Waals surface area contributed by atoms with Crippen LogP contribution in [0.15, 0.2) is 80.8 Å². The molecular formula is C27H22ClNO6S. The number of sulfonamides is 1. The number of hydrogen-bond acceptors (Lipinski definition) is 6. The summed E-state index contributed by atoms with van der Waals surface area (Å²) in [6.07, 6.45) is 2.93. The molecular weight excluding hydrogens is 502 g/mol. The standard InChI is InChI=1S/C27H22ClNO6S/c28-23-10-9-20(13-25(23)36(32,33)29-15-17-5-2-1-3-6-17)27(31)34-16-21-14-26(30)35-24-12-19-8-4-7-18(19)11-22(21)24/h1-3,5-6,9-14,29H,4,7-8,15-16H2. The van der Waals surface area contributed by atoms with Crippen molar-refractivity contribution in [2.45, 2.75) is 37.3 Å². The molecule has 1 heterocycles. The molecule has 1 aromatic heterocycles. The molecule has 184 valence electrons. The molecule has 0 spiro atoms. The molecule has 0 radical (unpaired) electrons. The predicted molar refractivity (Wildman–Crippen MR) is 136 cm³/mol. The molecule has 0 aliphatic heterocycles. The second-order valence-corrected chi connectivity index (χ2v) is 10.7. The molecule has 36 heavy (non-hydrogen) atoms. The zero-order valence-corrected chi connectivity index (χ0v) is 20.7. The highest BCUT2D eigenvalue weighted by Crippen LogP contribution is 2.29. The lowest BCUT2D eigenvalue weighted by Crippen LogP contribution is -2.24. The maximum absolute atomic E-state index is 12.9. The first-order valence-corrected chi connectivity index (χ1v) is 13.2. The summed E-state index contributed by atoms with van der Waals surface area (Å²) in [7, 11) is -4.00. The van der Waals surface area contributed by atoms with Crippen LogP contribution < -0.4 is 10.3 Å². The molecule has 0 saturated carbocycles. The number of carbonyl (C=O) groups is 1. The summed E-state index contributed by atoms with van der Waals surface area (Å²) < 4.78 is 39.0. The SMILES string of the molecule is O=C(OCc1cc(=O)oc2cc3c(cc12)CCC3)c1ccc(Cl)c(S(=O)(=O)NCc2ccccc2)c1.